The van der Waals surface area contributed by atoms with E-state index in [9.17, 15) is 9.59 Å². The Balaban J connectivity index is 1.86. The highest BCUT2D eigenvalue weighted by atomic mass is 32.2. The maximum Gasteiger partial charge on any atom is 0.320 e. The molecule has 0 aromatic carbocycles. The number of methoxy groups -OCH3 is 1. The number of hydrogen-bond donors (Lipinski definition) is 0. The Morgan fingerprint density at radius 1 is 1.60 bits per heavy atom. The third-order valence-electron chi connectivity index (χ3n) is 2.88. The van der Waals surface area contributed by atoms with Gasteiger partial charge in [0, 0.05) is 25.9 Å². The molecule has 9 heteroatoms. The highest BCUT2D eigenvalue weighted by Gasteiger charge is 2.29. The van der Waals surface area contributed by atoms with Crippen molar-refractivity contribution >= 4 is 35.4 Å². The monoisotopic (exact) mass is 316 g/mol. The molecular weight excluding hydrogens is 300 g/mol. The molecule has 1 aliphatic rings. The van der Waals surface area contributed by atoms with E-state index in [4.69, 9.17) is 4.74 Å². The first-order valence-electron chi connectivity index (χ1n) is 6.06. The number of ether oxygens (including phenoxy) is 1. The molecule has 0 aliphatic carbocycles. The second kappa shape index (κ2) is 6.98. The number of hydrogen-bond acceptors (Lipinski definition) is 7. The first-order chi connectivity index (χ1) is 9.61. The van der Waals surface area contributed by atoms with Gasteiger partial charge in [-0.25, -0.2) is 0 Å². The van der Waals surface area contributed by atoms with E-state index in [1.54, 1.807) is 15.8 Å². The van der Waals surface area contributed by atoms with Crippen LogP contribution in [0.15, 0.2) is 11.5 Å². The third-order valence-corrected chi connectivity index (χ3v) is 5.06. The van der Waals surface area contributed by atoms with Gasteiger partial charge in [-0.05, 0) is 0 Å². The van der Waals surface area contributed by atoms with Crippen LogP contribution in [0, 0.1) is 0 Å². The summed E-state index contributed by atoms with van der Waals surface area (Å²) in [6.07, 6.45) is 1.59. The summed E-state index contributed by atoms with van der Waals surface area (Å²) < 4.78 is 6.49. The maximum absolute atomic E-state index is 12.1. The Morgan fingerprint density at radius 3 is 3.05 bits per heavy atom. The number of rotatable bonds is 4. The second-order valence-electron chi connectivity index (χ2n) is 4.24. The van der Waals surface area contributed by atoms with Crippen molar-refractivity contribution in [3.05, 3.63) is 6.33 Å². The van der Waals surface area contributed by atoms with Gasteiger partial charge < -0.3 is 14.2 Å². The lowest BCUT2D eigenvalue weighted by molar-refractivity contribution is -0.141. The number of carbonyl (C=O) groups excluding carboxylic acids is 2. The van der Waals surface area contributed by atoms with Crippen molar-refractivity contribution in [3.63, 3.8) is 0 Å². The van der Waals surface area contributed by atoms with E-state index < -0.39 is 0 Å². The Kier molecular flexibility index (Phi) is 5.30. The summed E-state index contributed by atoms with van der Waals surface area (Å²) in [6, 6.07) is 0. The zero-order valence-electron chi connectivity index (χ0n) is 11.3. The fourth-order valence-electron chi connectivity index (χ4n) is 1.77. The van der Waals surface area contributed by atoms with Gasteiger partial charge in [-0.3, -0.25) is 9.59 Å². The molecule has 1 fully saturated rings. The summed E-state index contributed by atoms with van der Waals surface area (Å²) in [7, 11) is 3.20. The maximum atomic E-state index is 12.1. The number of aromatic nitrogens is 3. The van der Waals surface area contributed by atoms with E-state index in [2.05, 4.69) is 10.2 Å². The third kappa shape index (κ3) is 3.66. The fourth-order valence-corrected chi connectivity index (χ4v) is 3.69. The molecule has 0 saturated carbocycles. The molecular formula is C11H16N4O3S2. The van der Waals surface area contributed by atoms with Gasteiger partial charge >= 0.3 is 5.97 Å². The van der Waals surface area contributed by atoms with Crippen LogP contribution in [0.1, 0.15) is 0 Å². The lowest BCUT2D eigenvalue weighted by Gasteiger charge is -2.30. The summed E-state index contributed by atoms with van der Waals surface area (Å²) >= 11 is 2.88. The second-order valence-corrected chi connectivity index (χ2v) is 6.49. The van der Waals surface area contributed by atoms with E-state index in [0.29, 0.717) is 24.0 Å². The molecule has 0 bridgehead atoms. The molecule has 0 radical (unpaired) electrons. The average molecular weight is 316 g/mol. The number of thioether (sulfide) groups is 2. The minimum atomic E-state index is -0.280. The van der Waals surface area contributed by atoms with Crippen LogP contribution in [-0.2, 0) is 21.4 Å². The fraction of sp³-hybridized carbons (Fsp3) is 0.636. The van der Waals surface area contributed by atoms with Crippen LogP contribution in [-0.4, -0.2) is 68.5 Å². The van der Waals surface area contributed by atoms with Crippen molar-refractivity contribution in [2.45, 2.75) is 10.4 Å². The molecule has 110 valence electrons. The van der Waals surface area contributed by atoms with Gasteiger partial charge in [-0.1, -0.05) is 11.8 Å². The van der Waals surface area contributed by atoms with Crippen molar-refractivity contribution in [2.24, 2.45) is 7.05 Å². The molecule has 0 unspecified atom stereocenters. The summed E-state index contributed by atoms with van der Waals surface area (Å²) in [4.78, 5) is 25.4. The Bertz CT molecular complexity index is 494. The molecule has 2 heterocycles. The van der Waals surface area contributed by atoms with Crippen LogP contribution in [0.5, 0.6) is 0 Å². The zero-order chi connectivity index (χ0) is 14.5. The van der Waals surface area contributed by atoms with Crippen LogP contribution < -0.4 is 0 Å². The highest BCUT2D eigenvalue weighted by Crippen LogP contribution is 2.21. The van der Waals surface area contributed by atoms with Crippen molar-refractivity contribution in [1.82, 2.24) is 19.7 Å². The van der Waals surface area contributed by atoms with Gasteiger partial charge in [-0.15, -0.1) is 22.0 Å². The molecule has 1 saturated heterocycles. The molecule has 1 aliphatic heterocycles. The van der Waals surface area contributed by atoms with E-state index in [-0.39, 0.29) is 17.1 Å². The van der Waals surface area contributed by atoms with Crippen molar-refractivity contribution in [1.29, 1.82) is 0 Å². The van der Waals surface area contributed by atoms with E-state index in [1.807, 2.05) is 7.05 Å². The number of esters is 1. The van der Waals surface area contributed by atoms with Gasteiger partial charge in [0.15, 0.2) is 5.16 Å². The molecule has 20 heavy (non-hydrogen) atoms. The van der Waals surface area contributed by atoms with Crippen LogP contribution in [0.3, 0.4) is 0 Å². The molecule has 7 nitrogen and oxygen atoms in total. The predicted molar refractivity (Wildman–Crippen MR) is 76.6 cm³/mol. The molecule has 0 spiro atoms. The molecule has 1 aromatic heterocycles. The van der Waals surface area contributed by atoms with E-state index >= 15 is 0 Å². The normalized spacial score (nSPS) is 18.9. The quantitative estimate of drug-likeness (QED) is 0.572. The minimum absolute atomic E-state index is 0.00667. The summed E-state index contributed by atoms with van der Waals surface area (Å²) in [5.41, 5.74) is 0. The van der Waals surface area contributed by atoms with E-state index in [1.165, 1.54) is 30.6 Å². The number of aryl methyl sites for hydroxylation is 1. The highest BCUT2D eigenvalue weighted by molar-refractivity contribution is 8.00. The molecule has 0 N–H and O–H groups in total. The number of nitrogens with zero attached hydrogens (tertiary/aromatic N) is 4. The topological polar surface area (TPSA) is 77.3 Å². The Hall–Kier alpha value is -1.22. The first kappa shape index (κ1) is 15.2. The van der Waals surface area contributed by atoms with Gasteiger partial charge in [-0.2, -0.15) is 0 Å². The number of carbonyl (C=O) groups is 2. The Labute approximate surface area is 125 Å². The average Bonchev–Trinajstić information content (AvgIpc) is 2.89. The SMILES string of the molecule is COC(=O)[C@@H]1CN(C(=O)CSc2nncn2C)CCS1. The van der Waals surface area contributed by atoms with Crippen molar-refractivity contribution in [3.8, 4) is 0 Å². The van der Waals surface area contributed by atoms with Gasteiger partial charge in [0.25, 0.3) is 0 Å². The van der Waals surface area contributed by atoms with Gasteiger partial charge in [0.2, 0.25) is 5.91 Å². The summed E-state index contributed by atoms with van der Waals surface area (Å²) in [5.74, 6) is 0.784. The zero-order valence-corrected chi connectivity index (χ0v) is 12.9. The van der Waals surface area contributed by atoms with Crippen molar-refractivity contribution < 1.29 is 14.3 Å². The van der Waals surface area contributed by atoms with Gasteiger partial charge in [0.05, 0.1) is 12.9 Å². The van der Waals surface area contributed by atoms with Crippen LogP contribution >= 0.6 is 23.5 Å². The standard InChI is InChI=1S/C11H16N4O3S2/c1-14-7-12-13-11(14)20-6-9(16)15-3-4-19-8(5-15)10(17)18-2/h7-8H,3-6H2,1-2H3/t8-/m0/s1. The largest absolute Gasteiger partial charge is 0.468 e. The molecule has 2 rings (SSSR count). The first-order valence-corrected chi connectivity index (χ1v) is 8.09. The predicted octanol–water partition coefficient (Wildman–Crippen LogP) is 0.0242. The lowest BCUT2D eigenvalue weighted by Crippen LogP contribution is -2.45. The lowest BCUT2D eigenvalue weighted by atomic mass is 10.3. The van der Waals surface area contributed by atoms with E-state index in [0.717, 1.165) is 5.75 Å². The molecule has 1 aromatic rings. The van der Waals surface area contributed by atoms with Crippen LogP contribution in [0.25, 0.3) is 0 Å². The van der Waals surface area contributed by atoms with Crippen LogP contribution in [0.2, 0.25) is 0 Å². The summed E-state index contributed by atoms with van der Waals surface area (Å²) in [5, 5.41) is 8.10. The molecule has 1 atom stereocenters. The van der Waals surface area contributed by atoms with Gasteiger partial charge in [0.1, 0.15) is 11.6 Å². The summed E-state index contributed by atoms with van der Waals surface area (Å²) in [6.45, 7) is 1.08. The molecule has 1 amide bonds. The Morgan fingerprint density at radius 2 is 2.40 bits per heavy atom. The van der Waals surface area contributed by atoms with Crippen LogP contribution in [0.4, 0.5) is 0 Å². The minimum Gasteiger partial charge on any atom is -0.468 e. The number of amides is 1. The van der Waals surface area contributed by atoms with Crippen molar-refractivity contribution in [2.75, 3.05) is 31.7 Å². The smallest absolute Gasteiger partial charge is 0.320 e.